The minimum Gasteiger partial charge on any atom is -0.495 e. The molecule has 0 aliphatic heterocycles. The quantitative estimate of drug-likeness (QED) is 0.153. The van der Waals surface area contributed by atoms with Gasteiger partial charge in [-0.05, 0) is 141 Å². The summed E-state index contributed by atoms with van der Waals surface area (Å²) in [5.41, 5.74) is 20.2. The van der Waals surface area contributed by atoms with Crippen LogP contribution in [0, 0.1) is 27.7 Å². The van der Waals surface area contributed by atoms with Crippen LogP contribution in [0.15, 0.2) is 103 Å². The summed E-state index contributed by atoms with van der Waals surface area (Å²) >= 11 is 0. The van der Waals surface area contributed by atoms with Crippen molar-refractivity contribution in [3.05, 3.63) is 153 Å². The Kier molecular flexibility index (Phi) is 11.7. The molecule has 0 saturated carbocycles. The molecule has 0 aromatic heterocycles. The molecule has 0 amide bonds. The van der Waals surface area contributed by atoms with E-state index in [1.807, 2.05) is 14.2 Å². The minimum atomic E-state index is -0.436. The van der Waals surface area contributed by atoms with E-state index < -0.39 is 5.41 Å². The van der Waals surface area contributed by atoms with Gasteiger partial charge in [0.15, 0.2) is 0 Å². The summed E-state index contributed by atoms with van der Waals surface area (Å²) in [5.74, 6) is 1.78. The fourth-order valence-corrected chi connectivity index (χ4v) is 8.49. The van der Waals surface area contributed by atoms with Crippen LogP contribution < -0.4 is 9.47 Å². The third-order valence-electron chi connectivity index (χ3n) is 12.9. The van der Waals surface area contributed by atoms with Crippen molar-refractivity contribution in [1.82, 2.24) is 0 Å². The van der Waals surface area contributed by atoms with Gasteiger partial charge in [-0.1, -0.05) is 155 Å². The van der Waals surface area contributed by atoms with Crippen LogP contribution in [0.5, 0.6) is 11.5 Å². The first-order valence-corrected chi connectivity index (χ1v) is 21.3. The Balaban J connectivity index is 1.68. The molecule has 0 unspecified atom stereocenters. The second-order valence-corrected chi connectivity index (χ2v) is 20.5. The van der Waals surface area contributed by atoms with E-state index in [1.165, 1.54) is 55.6 Å². The van der Waals surface area contributed by atoms with Crippen LogP contribution in [0.3, 0.4) is 0 Å². The molecule has 59 heavy (non-hydrogen) atoms. The maximum absolute atomic E-state index is 6.48. The summed E-state index contributed by atoms with van der Waals surface area (Å²) in [6.45, 7) is 34.1. The second-order valence-electron chi connectivity index (χ2n) is 20.5. The molecule has 2 heteroatoms. The van der Waals surface area contributed by atoms with Crippen LogP contribution in [0.2, 0.25) is 0 Å². The van der Waals surface area contributed by atoms with Crippen LogP contribution in [0.25, 0.3) is 44.5 Å². The first kappa shape index (κ1) is 43.5. The average Bonchev–Trinajstić information content (AvgIpc) is 3.18. The van der Waals surface area contributed by atoms with Crippen LogP contribution in [0.4, 0.5) is 0 Å². The number of hydrogen-bond acceptors (Lipinski definition) is 2. The Bertz CT molecular complexity index is 2370. The fourth-order valence-electron chi connectivity index (χ4n) is 8.49. The predicted octanol–water partition coefficient (Wildman–Crippen LogP) is 15.8. The van der Waals surface area contributed by atoms with E-state index in [-0.39, 0.29) is 16.2 Å². The SMILES string of the molecule is COc1c(-c2ccc(C(C)(C)C)cc2)cc(C(C)(C)c2cc(-c3ccc(C(C)(C)C)cc3)c(OC)c(-c3c(C)c(C)cc(C)c3C)c2)cc1-c1ccc(C(C)(C)C)cc1. The Morgan fingerprint density at radius 3 is 0.881 bits per heavy atom. The standard InChI is InChI=1S/C57H68O2/c1-35-30-36(2)38(4)51(37(35)3)50-34-46(33-49(53(50)59-17)41-22-28-44(29-23-41)56(11,12)13)57(14,15)45-31-47(39-18-24-42(25-19-39)54(5,6)7)52(58-16)48(32-45)40-20-26-43(27-21-40)55(8,9)10/h18-34H,1-17H3. The molecular formula is C57H68O2. The van der Waals surface area contributed by atoms with Gasteiger partial charge >= 0.3 is 0 Å². The van der Waals surface area contributed by atoms with Gasteiger partial charge in [-0.3, -0.25) is 0 Å². The summed E-state index contributed by atoms with van der Waals surface area (Å²) < 4.78 is 12.9. The van der Waals surface area contributed by atoms with Gasteiger partial charge in [-0.2, -0.15) is 0 Å². The van der Waals surface area contributed by atoms with Crippen molar-refractivity contribution < 1.29 is 9.47 Å². The van der Waals surface area contributed by atoms with Crippen LogP contribution in [-0.4, -0.2) is 14.2 Å². The van der Waals surface area contributed by atoms with Gasteiger partial charge in [0.05, 0.1) is 14.2 Å². The molecule has 0 heterocycles. The Morgan fingerprint density at radius 1 is 0.339 bits per heavy atom. The maximum atomic E-state index is 6.48. The average molecular weight is 785 g/mol. The topological polar surface area (TPSA) is 18.5 Å². The van der Waals surface area contributed by atoms with E-state index in [1.54, 1.807) is 0 Å². The molecule has 0 atom stereocenters. The lowest BCUT2D eigenvalue weighted by Crippen LogP contribution is -2.20. The summed E-state index contributed by atoms with van der Waals surface area (Å²) in [6, 6.07) is 39.0. The molecule has 0 radical (unpaired) electrons. The molecule has 0 fully saturated rings. The number of aryl methyl sites for hydroxylation is 2. The van der Waals surface area contributed by atoms with Crippen LogP contribution in [-0.2, 0) is 21.7 Å². The van der Waals surface area contributed by atoms with Crippen molar-refractivity contribution in [3.63, 3.8) is 0 Å². The smallest absolute Gasteiger partial charge is 0.134 e. The van der Waals surface area contributed by atoms with Gasteiger partial charge in [0.1, 0.15) is 11.5 Å². The molecule has 0 N–H and O–H groups in total. The minimum absolute atomic E-state index is 0.0504. The van der Waals surface area contributed by atoms with E-state index >= 15 is 0 Å². The lowest BCUT2D eigenvalue weighted by molar-refractivity contribution is 0.417. The molecule has 0 aliphatic carbocycles. The zero-order valence-corrected chi connectivity index (χ0v) is 39.1. The molecule has 2 nitrogen and oxygen atoms in total. The van der Waals surface area contributed by atoms with Gasteiger partial charge < -0.3 is 9.47 Å². The number of methoxy groups -OCH3 is 2. The first-order valence-electron chi connectivity index (χ1n) is 21.3. The van der Waals surface area contributed by atoms with Crippen LogP contribution in [0.1, 0.15) is 126 Å². The molecule has 0 bridgehead atoms. The molecule has 6 aromatic rings. The maximum Gasteiger partial charge on any atom is 0.134 e. The highest BCUT2D eigenvalue weighted by atomic mass is 16.5. The number of ether oxygens (including phenoxy) is 2. The number of rotatable bonds is 8. The lowest BCUT2D eigenvalue weighted by atomic mass is 9.73. The molecule has 6 rings (SSSR count). The van der Waals surface area contributed by atoms with Gasteiger partial charge in [0, 0.05) is 27.7 Å². The monoisotopic (exact) mass is 785 g/mol. The zero-order valence-electron chi connectivity index (χ0n) is 39.1. The number of hydrogen-bond donors (Lipinski definition) is 0. The molecule has 0 aliphatic rings. The highest BCUT2D eigenvalue weighted by Gasteiger charge is 2.31. The normalized spacial score (nSPS) is 12.5. The van der Waals surface area contributed by atoms with Crippen LogP contribution >= 0.6 is 0 Å². The van der Waals surface area contributed by atoms with E-state index in [2.05, 4.69) is 207 Å². The summed E-state index contributed by atoms with van der Waals surface area (Å²) in [5, 5.41) is 0. The van der Waals surface area contributed by atoms with Crippen molar-refractivity contribution >= 4 is 0 Å². The zero-order chi connectivity index (χ0) is 43.4. The van der Waals surface area contributed by atoms with Gasteiger partial charge in [0.25, 0.3) is 0 Å². The van der Waals surface area contributed by atoms with Gasteiger partial charge in [-0.15, -0.1) is 0 Å². The third-order valence-corrected chi connectivity index (χ3v) is 12.9. The van der Waals surface area contributed by atoms with Crippen molar-refractivity contribution in [2.24, 2.45) is 0 Å². The molecule has 0 spiro atoms. The van der Waals surface area contributed by atoms with E-state index in [4.69, 9.17) is 9.47 Å². The van der Waals surface area contributed by atoms with E-state index in [0.717, 1.165) is 50.4 Å². The molecule has 308 valence electrons. The fraction of sp³-hybridized carbons (Fsp3) is 0.368. The summed E-state index contributed by atoms with van der Waals surface area (Å²) in [6.07, 6.45) is 0. The Morgan fingerprint density at radius 2 is 0.610 bits per heavy atom. The Hall–Kier alpha value is -5.08. The first-order chi connectivity index (χ1) is 27.5. The van der Waals surface area contributed by atoms with Gasteiger partial charge in [0.2, 0.25) is 0 Å². The predicted molar refractivity (Wildman–Crippen MR) is 255 cm³/mol. The van der Waals surface area contributed by atoms with Crippen molar-refractivity contribution in [3.8, 4) is 56.0 Å². The van der Waals surface area contributed by atoms with Gasteiger partial charge in [-0.25, -0.2) is 0 Å². The number of benzene rings is 6. The van der Waals surface area contributed by atoms with E-state index in [9.17, 15) is 0 Å². The third kappa shape index (κ3) is 8.52. The highest BCUT2D eigenvalue weighted by Crippen LogP contribution is 2.49. The molecule has 0 saturated heterocycles. The van der Waals surface area contributed by atoms with Crippen molar-refractivity contribution in [1.29, 1.82) is 0 Å². The molecule has 6 aromatic carbocycles. The van der Waals surface area contributed by atoms with E-state index in [0.29, 0.717) is 0 Å². The highest BCUT2D eigenvalue weighted by molar-refractivity contribution is 5.88. The largest absolute Gasteiger partial charge is 0.495 e. The molecular weight excluding hydrogens is 717 g/mol. The second kappa shape index (κ2) is 15.8. The lowest BCUT2D eigenvalue weighted by Gasteiger charge is -2.31. The summed E-state index contributed by atoms with van der Waals surface area (Å²) in [4.78, 5) is 0. The summed E-state index contributed by atoms with van der Waals surface area (Å²) in [7, 11) is 3.63. The van der Waals surface area contributed by atoms with Crippen molar-refractivity contribution in [2.75, 3.05) is 14.2 Å². The van der Waals surface area contributed by atoms with Crippen molar-refractivity contribution in [2.45, 2.75) is 126 Å². The Labute approximate surface area is 357 Å².